The van der Waals surface area contributed by atoms with Crippen LogP contribution >= 0.6 is 0 Å². The molecule has 9 fully saturated rings. The van der Waals surface area contributed by atoms with E-state index in [-0.39, 0.29) is 48.3 Å². The molecule has 4 aromatic carbocycles. The predicted molar refractivity (Wildman–Crippen MR) is 530 cm³/mol. The highest BCUT2D eigenvalue weighted by Gasteiger charge is 2.32. The summed E-state index contributed by atoms with van der Waals surface area (Å²) in [5.74, 6) is 6.80. The number of benzene rings is 4. The number of nitrogens with one attached hydrogen (secondary N) is 6. The van der Waals surface area contributed by atoms with Gasteiger partial charge in [-0.15, -0.1) is 0 Å². The molecule has 0 radical (unpaired) electrons. The van der Waals surface area contributed by atoms with E-state index in [2.05, 4.69) is 196 Å². The normalized spacial score (nSPS) is 21.6. The molecule has 8 aromatic heterocycles. The summed E-state index contributed by atoms with van der Waals surface area (Å²) < 4.78 is 48.3. The highest BCUT2D eigenvalue weighted by atomic mass is 16.5. The van der Waals surface area contributed by atoms with Crippen LogP contribution in [0.4, 0.5) is 52.1 Å². The molecule has 0 spiro atoms. The number of hydrogen-bond acceptors (Lipinski definition) is 32. The zero-order valence-electron chi connectivity index (χ0n) is 78.4. The molecule has 34 heteroatoms. The van der Waals surface area contributed by atoms with Crippen molar-refractivity contribution in [3.05, 3.63) is 188 Å². The minimum atomic E-state index is -0.220. The minimum Gasteiger partial charge on any atom is -0.488 e. The molecule has 0 bridgehead atoms. The average molecular weight is 1850 g/mol. The standard InChI is InChI=1S/C28H37N7O2.2C25H30N6O3.C24H29N5O2/c1-33-11-13-35(14-12-33)28-30-10-8-26(32-28)31-22-4-6-24(7-5-22)37-25-20-23(34-15-17-36-18-16-34)19-21-3-2-9-29-27(21)25;1-26-24(32)21-8-10-28-25(30-21)29-18-4-6-20(7-5-18)34-22-16-19(31-11-13-33-14-12-31)15-17-3-2-9-27-23(17)22;1-26-25(32)21-15-23(29-16-28-21)30-18-4-6-20(7-5-18)34-22-14-19(31-9-11-33-12-10-31)13-17-3-2-8-27-24(17)22;1-17-15-25-16-23(27-17)28-19-4-6-21(7-5-19)31-22-14-20(29-9-11-30-12-10-29)13-18-3-2-8-26-24(18)22/h2-3,8-10,19-20,22,24H,4-7,11-18H2,1H3,(H,30,31,32);2-3,8-10,15-16,18,20H,4-7,11-14H2,1H3,(H,26,32)(H,28,29,30);2-3,8,13-16,18,20H,4-7,9-12H2,1H3,(H,26,32)(H,28,29,30);2-3,8,13-16,19,21H,4-7,9-12H2,1H3,(H,27,28). The molecule has 5 saturated heterocycles. The van der Waals surface area contributed by atoms with Gasteiger partial charge in [0, 0.05) is 235 Å². The van der Waals surface area contributed by atoms with Crippen molar-refractivity contribution in [2.45, 2.75) is 158 Å². The Bertz CT molecular complexity index is 5750. The first-order chi connectivity index (χ1) is 66.8. The van der Waals surface area contributed by atoms with E-state index in [0.717, 1.165) is 335 Å². The first-order valence-electron chi connectivity index (χ1n) is 48.6. The summed E-state index contributed by atoms with van der Waals surface area (Å²) in [5, 5.41) is 23.6. The van der Waals surface area contributed by atoms with Crippen LogP contribution in [0.2, 0.25) is 0 Å². The van der Waals surface area contributed by atoms with Gasteiger partial charge in [-0.05, 0) is 177 Å². The third-order valence-electron chi connectivity index (χ3n) is 26.8. The first-order valence-corrected chi connectivity index (χ1v) is 48.6. The summed E-state index contributed by atoms with van der Waals surface area (Å²) >= 11 is 0. The van der Waals surface area contributed by atoms with E-state index in [1.54, 1.807) is 44.8 Å². The summed E-state index contributed by atoms with van der Waals surface area (Å²) in [4.78, 5) is 91.2. The number of aryl methyl sites for hydroxylation is 1. The highest BCUT2D eigenvalue weighted by Crippen LogP contribution is 2.41. The Morgan fingerprint density at radius 2 is 0.706 bits per heavy atom. The largest absolute Gasteiger partial charge is 0.488 e. The van der Waals surface area contributed by atoms with Crippen LogP contribution in [-0.2, 0) is 18.9 Å². The fourth-order valence-corrected chi connectivity index (χ4v) is 19.3. The van der Waals surface area contributed by atoms with Crippen LogP contribution < -0.4 is 75.3 Å². The van der Waals surface area contributed by atoms with Crippen LogP contribution in [0, 0.1) is 6.92 Å². The van der Waals surface area contributed by atoms with Gasteiger partial charge in [0.05, 0.1) is 89.2 Å². The predicted octanol–water partition coefficient (Wildman–Crippen LogP) is 13.4. The number of hydrogen-bond donors (Lipinski definition) is 6. The number of piperazine rings is 1. The van der Waals surface area contributed by atoms with Crippen molar-refractivity contribution in [3.63, 3.8) is 0 Å². The van der Waals surface area contributed by atoms with Gasteiger partial charge < -0.3 is 99.2 Å². The van der Waals surface area contributed by atoms with Gasteiger partial charge in [0.2, 0.25) is 11.9 Å². The van der Waals surface area contributed by atoms with Crippen LogP contribution in [0.15, 0.2) is 171 Å². The van der Waals surface area contributed by atoms with Crippen LogP contribution in [0.25, 0.3) is 43.6 Å². The van der Waals surface area contributed by atoms with Crippen LogP contribution in [0.1, 0.15) is 129 Å². The smallest absolute Gasteiger partial charge is 0.269 e. The number of likely N-dealkylation sites (N-methyl/N-ethyl adjacent to an activating group) is 1. The third kappa shape index (κ3) is 24.8. The second-order valence-electron chi connectivity index (χ2n) is 36.2. The van der Waals surface area contributed by atoms with Crippen molar-refractivity contribution in [2.75, 3.05) is 198 Å². The number of fused-ring (bicyclic) bond motifs is 4. The quantitative estimate of drug-likeness (QED) is 0.0346. The van der Waals surface area contributed by atoms with Gasteiger partial charge in [-0.3, -0.25) is 34.5 Å². The second-order valence-corrected chi connectivity index (χ2v) is 36.2. The minimum absolute atomic E-state index is 0.126. The van der Waals surface area contributed by atoms with Crippen molar-refractivity contribution < 1.29 is 47.5 Å². The van der Waals surface area contributed by atoms with Gasteiger partial charge >= 0.3 is 0 Å². The Morgan fingerprint density at radius 3 is 1.10 bits per heavy atom. The van der Waals surface area contributed by atoms with E-state index in [1.165, 1.54) is 17.7 Å². The molecule has 0 atom stereocenters. The van der Waals surface area contributed by atoms with Gasteiger partial charge in [-0.2, -0.15) is 4.98 Å². The Labute approximate surface area is 793 Å². The van der Waals surface area contributed by atoms with Crippen molar-refractivity contribution in [3.8, 4) is 23.0 Å². The van der Waals surface area contributed by atoms with Crippen molar-refractivity contribution in [1.82, 2.24) is 75.3 Å². The fourth-order valence-electron chi connectivity index (χ4n) is 19.3. The van der Waals surface area contributed by atoms with Crippen LogP contribution in [-0.4, -0.2) is 278 Å². The molecule has 0 unspecified atom stereocenters. The van der Waals surface area contributed by atoms with Gasteiger partial charge in [-0.1, -0.05) is 24.3 Å². The third-order valence-corrected chi connectivity index (χ3v) is 26.8. The number of ether oxygens (including phenoxy) is 8. The number of pyridine rings is 4. The monoisotopic (exact) mass is 1850 g/mol. The Morgan fingerprint density at radius 1 is 0.338 bits per heavy atom. The zero-order chi connectivity index (χ0) is 92.7. The maximum Gasteiger partial charge on any atom is 0.269 e. The number of carbonyl (C=O) groups is 2. The number of morpholine rings is 4. The van der Waals surface area contributed by atoms with E-state index < -0.39 is 0 Å². The molecule has 5 aliphatic heterocycles. The Hall–Kier alpha value is -13.0. The Balaban J connectivity index is 0.000000121. The van der Waals surface area contributed by atoms with Gasteiger partial charge in [-0.25, -0.2) is 29.9 Å². The van der Waals surface area contributed by atoms with E-state index in [9.17, 15) is 9.59 Å². The number of rotatable bonds is 23. The van der Waals surface area contributed by atoms with E-state index in [0.29, 0.717) is 35.2 Å². The number of amides is 2. The van der Waals surface area contributed by atoms with Crippen molar-refractivity contribution in [2.24, 2.45) is 0 Å². The molecular formula is C102H126N24O10. The topological polar surface area (TPSA) is 354 Å². The summed E-state index contributed by atoms with van der Waals surface area (Å²) in [6.45, 7) is 19.2. The molecule has 34 nitrogen and oxygen atoms in total. The molecule has 9 aliphatic rings. The summed E-state index contributed by atoms with van der Waals surface area (Å²) in [6, 6.07) is 40.3. The molecule has 6 N–H and O–H groups in total. The van der Waals surface area contributed by atoms with E-state index in [1.807, 2.05) is 68.2 Å². The van der Waals surface area contributed by atoms with Gasteiger partial charge in [0.1, 0.15) is 80.2 Å². The molecule has 136 heavy (non-hydrogen) atoms. The first kappa shape index (κ1) is 93.4. The number of aromatic nitrogens is 12. The maximum atomic E-state index is 11.8. The lowest BCUT2D eigenvalue weighted by molar-refractivity contribution is 0.0950. The van der Waals surface area contributed by atoms with Gasteiger partial charge in [0.25, 0.3) is 11.8 Å². The van der Waals surface area contributed by atoms with Crippen molar-refractivity contribution in [1.29, 1.82) is 0 Å². The lowest BCUT2D eigenvalue weighted by Crippen LogP contribution is -2.45. The lowest BCUT2D eigenvalue weighted by atomic mass is 9.93. The van der Waals surface area contributed by atoms with Gasteiger partial charge in [0.15, 0.2) is 0 Å². The zero-order valence-corrected chi connectivity index (χ0v) is 78.4. The number of nitrogens with zero attached hydrogens (tertiary/aromatic N) is 18. The Kier molecular flexibility index (Phi) is 31.6. The molecule has 21 rings (SSSR count). The molecular weight excluding hydrogens is 1720 g/mol. The summed E-state index contributed by atoms with van der Waals surface area (Å²) in [5.41, 5.74) is 10.0. The highest BCUT2D eigenvalue weighted by molar-refractivity contribution is 5.94. The van der Waals surface area contributed by atoms with E-state index in [4.69, 9.17) is 42.9 Å². The molecule has 4 saturated carbocycles. The molecule has 2 amide bonds. The SMILES string of the molecule is CN1CCN(c2nccc(NC3CCC(Oc4cc(N5CCOCC5)cc5cccnc45)CC3)n2)CC1.CNC(=O)c1cc(NC2CCC(Oc3cc(N4CCOCC4)cc4cccnc34)CC2)ncn1.CNC(=O)c1ccnc(NC2CCC(Oc3cc(N4CCOCC4)cc4cccnc34)CC2)n1.Cc1cncc(NC2CCC(Oc3cc(N4CCOCC4)cc4cccnc34)CC2)n1. The summed E-state index contributed by atoms with van der Waals surface area (Å²) in [7, 11) is 5.35. The van der Waals surface area contributed by atoms with E-state index >= 15 is 0 Å². The number of anilines is 9. The molecule has 13 heterocycles. The molecule has 12 aromatic rings. The van der Waals surface area contributed by atoms with Crippen molar-refractivity contribution >= 4 is 108 Å². The second kappa shape index (κ2) is 46.0. The average Bonchev–Trinajstić information content (AvgIpc) is 0.802. The summed E-state index contributed by atoms with van der Waals surface area (Å²) in [6.07, 6.45) is 32.2. The van der Waals surface area contributed by atoms with Crippen LogP contribution in [0.5, 0.6) is 23.0 Å². The molecule has 4 aliphatic carbocycles. The fraction of sp³-hybridized carbons (Fsp3) is 0.471. The lowest BCUT2D eigenvalue weighted by Gasteiger charge is -2.33. The number of carbonyl (C=O) groups excluding carboxylic acids is 2. The van der Waals surface area contributed by atoms with Crippen LogP contribution in [0.3, 0.4) is 0 Å². The maximum absolute atomic E-state index is 11.8. The molecule has 714 valence electrons.